The van der Waals surface area contributed by atoms with E-state index in [1.807, 2.05) is 0 Å². The molecule has 3 N–H and O–H groups in total. The summed E-state index contributed by atoms with van der Waals surface area (Å²) in [6.07, 6.45) is 8.79. The van der Waals surface area contributed by atoms with E-state index in [0.29, 0.717) is 18.3 Å². The van der Waals surface area contributed by atoms with Gasteiger partial charge in [-0.05, 0) is 5.92 Å². The number of rotatable bonds is 6. The summed E-state index contributed by atoms with van der Waals surface area (Å²) in [7, 11) is 0. The summed E-state index contributed by atoms with van der Waals surface area (Å²) >= 11 is 0. The van der Waals surface area contributed by atoms with Crippen LogP contribution in [0.4, 0.5) is 5.82 Å². The first-order valence-electron chi connectivity index (χ1n) is 7.10. The number of carbonyl (C=O) groups is 1. The van der Waals surface area contributed by atoms with Crippen molar-refractivity contribution in [3.05, 3.63) is 18.1 Å². The molecule has 20 heavy (non-hydrogen) atoms. The number of hydrogen-bond donors (Lipinski definition) is 3. The summed E-state index contributed by atoms with van der Waals surface area (Å²) in [4.78, 5) is 18.5. The lowest BCUT2D eigenvalue weighted by Gasteiger charge is -2.29. The van der Waals surface area contributed by atoms with Gasteiger partial charge < -0.3 is 15.5 Å². The molecule has 2 rings (SSSR count). The highest BCUT2D eigenvalue weighted by atomic mass is 16.4. The molecule has 1 aromatic heterocycles. The highest BCUT2D eigenvalue weighted by Gasteiger charge is 2.22. The fourth-order valence-corrected chi connectivity index (χ4v) is 2.75. The number of hydrogen-bond acceptors (Lipinski definition) is 5. The first kappa shape index (κ1) is 14.7. The molecule has 1 unspecified atom stereocenters. The number of carboxylic acids is 1. The molecule has 0 aliphatic heterocycles. The predicted octanol–water partition coefficient (Wildman–Crippen LogP) is 1.78. The molecule has 6 heteroatoms. The molecule has 1 atom stereocenters. The predicted molar refractivity (Wildman–Crippen MR) is 74.6 cm³/mol. The maximum absolute atomic E-state index is 10.7. The van der Waals surface area contributed by atoms with Gasteiger partial charge in [0.05, 0.1) is 12.4 Å². The van der Waals surface area contributed by atoms with E-state index in [1.54, 1.807) is 0 Å². The van der Waals surface area contributed by atoms with Crippen molar-refractivity contribution < 1.29 is 15.0 Å². The Morgan fingerprint density at radius 2 is 2.05 bits per heavy atom. The third-order valence-corrected chi connectivity index (χ3v) is 3.97. The Bertz CT molecular complexity index is 430. The van der Waals surface area contributed by atoms with Crippen LogP contribution >= 0.6 is 0 Å². The van der Waals surface area contributed by atoms with Crippen LogP contribution in [0.2, 0.25) is 0 Å². The quantitative estimate of drug-likeness (QED) is 0.734. The van der Waals surface area contributed by atoms with Gasteiger partial charge in [-0.1, -0.05) is 32.1 Å². The van der Waals surface area contributed by atoms with Crippen LogP contribution in [-0.2, 0) is 0 Å². The van der Waals surface area contributed by atoms with Gasteiger partial charge in [-0.25, -0.2) is 14.8 Å². The second kappa shape index (κ2) is 7.19. The minimum atomic E-state index is -1.08. The Kier molecular flexibility index (Phi) is 5.29. The number of aromatic carboxylic acids is 1. The summed E-state index contributed by atoms with van der Waals surface area (Å²) in [6, 6.07) is 0. The van der Waals surface area contributed by atoms with Crippen molar-refractivity contribution in [2.75, 3.05) is 18.5 Å². The molecule has 0 bridgehead atoms. The van der Waals surface area contributed by atoms with Crippen LogP contribution in [0.5, 0.6) is 0 Å². The number of aliphatic hydroxyl groups excluding tert-OH is 1. The van der Waals surface area contributed by atoms with Gasteiger partial charge in [0.2, 0.25) is 0 Å². The Labute approximate surface area is 118 Å². The Hall–Kier alpha value is -1.69. The smallest absolute Gasteiger partial charge is 0.356 e. The maximum atomic E-state index is 10.7. The fourth-order valence-electron chi connectivity index (χ4n) is 2.75. The van der Waals surface area contributed by atoms with E-state index in [4.69, 9.17) is 5.11 Å². The van der Waals surface area contributed by atoms with Crippen molar-refractivity contribution in [3.63, 3.8) is 0 Å². The molecule has 1 aliphatic carbocycles. The van der Waals surface area contributed by atoms with Crippen molar-refractivity contribution in [1.29, 1.82) is 0 Å². The first-order valence-corrected chi connectivity index (χ1v) is 7.10. The zero-order valence-corrected chi connectivity index (χ0v) is 11.5. The van der Waals surface area contributed by atoms with Gasteiger partial charge in [-0.2, -0.15) is 0 Å². The molecule has 0 saturated heterocycles. The molecule has 1 heterocycles. The summed E-state index contributed by atoms with van der Waals surface area (Å²) in [5.41, 5.74) is -0.0680. The van der Waals surface area contributed by atoms with Crippen molar-refractivity contribution in [1.82, 2.24) is 9.97 Å². The number of aliphatic hydroxyl groups is 1. The normalized spacial score (nSPS) is 17.6. The van der Waals surface area contributed by atoms with Crippen LogP contribution in [0.1, 0.15) is 42.6 Å². The van der Waals surface area contributed by atoms with Crippen LogP contribution < -0.4 is 5.32 Å². The monoisotopic (exact) mass is 279 g/mol. The average molecular weight is 279 g/mol. The van der Waals surface area contributed by atoms with Gasteiger partial charge in [0, 0.05) is 19.1 Å². The largest absolute Gasteiger partial charge is 0.476 e. The SMILES string of the molecule is O=C(O)c1cnc(NCC(CO)C2CCCCC2)cn1. The lowest BCUT2D eigenvalue weighted by Crippen LogP contribution is -2.28. The topological polar surface area (TPSA) is 95.3 Å². The third kappa shape index (κ3) is 3.90. The fraction of sp³-hybridized carbons (Fsp3) is 0.643. The van der Waals surface area contributed by atoms with Gasteiger partial charge in [0.15, 0.2) is 5.69 Å². The van der Waals surface area contributed by atoms with Crippen LogP contribution in [0, 0.1) is 11.8 Å². The van der Waals surface area contributed by atoms with E-state index >= 15 is 0 Å². The van der Waals surface area contributed by atoms with Crippen molar-refractivity contribution >= 4 is 11.8 Å². The molecule has 110 valence electrons. The minimum Gasteiger partial charge on any atom is -0.476 e. The van der Waals surface area contributed by atoms with E-state index in [2.05, 4.69) is 15.3 Å². The molecule has 1 saturated carbocycles. The third-order valence-electron chi connectivity index (χ3n) is 3.97. The summed E-state index contributed by atoms with van der Waals surface area (Å²) in [5, 5.41) is 21.4. The molecule has 0 amide bonds. The van der Waals surface area contributed by atoms with Crippen LogP contribution in [0.25, 0.3) is 0 Å². The molecule has 0 radical (unpaired) electrons. The second-order valence-corrected chi connectivity index (χ2v) is 5.31. The second-order valence-electron chi connectivity index (χ2n) is 5.31. The van der Waals surface area contributed by atoms with Crippen LogP contribution in [-0.4, -0.2) is 39.3 Å². The highest BCUT2D eigenvalue weighted by molar-refractivity contribution is 5.84. The standard InChI is InChI=1S/C14H21N3O3/c18-9-11(10-4-2-1-3-5-10)6-16-13-8-15-12(7-17-13)14(19)20/h7-8,10-11,18H,1-6,9H2,(H,16,17)(H,19,20). The van der Waals surface area contributed by atoms with Gasteiger partial charge >= 0.3 is 5.97 Å². The number of carboxylic acid groups (broad SMARTS) is 1. The zero-order chi connectivity index (χ0) is 14.4. The Balaban J connectivity index is 1.87. The molecule has 0 aromatic carbocycles. The van der Waals surface area contributed by atoms with Crippen molar-refractivity contribution in [2.24, 2.45) is 11.8 Å². The van der Waals surface area contributed by atoms with Gasteiger partial charge in [0.25, 0.3) is 0 Å². The minimum absolute atomic E-state index is 0.0680. The van der Waals surface area contributed by atoms with E-state index < -0.39 is 5.97 Å². The molecule has 1 aliphatic rings. The van der Waals surface area contributed by atoms with Crippen molar-refractivity contribution in [3.8, 4) is 0 Å². The number of nitrogens with one attached hydrogen (secondary N) is 1. The first-order chi connectivity index (χ1) is 9.70. The molecule has 6 nitrogen and oxygen atoms in total. The summed E-state index contributed by atoms with van der Waals surface area (Å²) in [6.45, 7) is 0.806. The zero-order valence-electron chi connectivity index (χ0n) is 11.5. The Morgan fingerprint density at radius 1 is 1.30 bits per heavy atom. The van der Waals surface area contributed by atoms with Crippen LogP contribution in [0.3, 0.4) is 0 Å². The summed E-state index contributed by atoms with van der Waals surface area (Å²) < 4.78 is 0. The maximum Gasteiger partial charge on any atom is 0.356 e. The number of nitrogens with zero attached hydrogens (tertiary/aromatic N) is 2. The lowest BCUT2D eigenvalue weighted by atomic mass is 9.80. The number of aromatic nitrogens is 2. The average Bonchev–Trinajstić information content (AvgIpc) is 2.49. The van der Waals surface area contributed by atoms with E-state index in [9.17, 15) is 9.90 Å². The van der Waals surface area contributed by atoms with E-state index in [-0.39, 0.29) is 18.2 Å². The van der Waals surface area contributed by atoms with Crippen LogP contribution in [0.15, 0.2) is 12.4 Å². The lowest BCUT2D eigenvalue weighted by molar-refractivity contribution is 0.0690. The van der Waals surface area contributed by atoms with Gasteiger partial charge in [0.1, 0.15) is 5.82 Å². The molecular weight excluding hydrogens is 258 g/mol. The van der Waals surface area contributed by atoms with E-state index in [0.717, 1.165) is 0 Å². The van der Waals surface area contributed by atoms with Crippen molar-refractivity contribution in [2.45, 2.75) is 32.1 Å². The number of anilines is 1. The molecule has 1 aromatic rings. The Morgan fingerprint density at radius 3 is 2.60 bits per heavy atom. The van der Waals surface area contributed by atoms with Gasteiger partial charge in [-0.3, -0.25) is 0 Å². The molecule has 1 fully saturated rings. The van der Waals surface area contributed by atoms with E-state index in [1.165, 1.54) is 44.5 Å². The molecular formula is C14H21N3O3. The highest BCUT2D eigenvalue weighted by Crippen LogP contribution is 2.29. The van der Waals surface area contributed by atoms with Gasteiger partial charge in [-0.15, -0.1) is 0 Å². The summed E-state index contributed by atoms with van der Waals surface area (Å²) in [5.74, 6) is 0.243. The molecule has 0 spiro atoms.